The first-order chi connectivity index (χ1) is 43.0. The molecule has 0 fully saturated rings. The lowest BCUT2D eigenvalue weighted by atomic mass is 9.97. The molecule has 0 saturated carbocycles. The first kappa shape index (κ1) is 50.1. The fourth-order valence-corrected chi connectivity index (χ4v) is 13.7. The van der Waals surface area contributed by atoms with Crippen molar-refractivity contribution in [1.29, 1.82) is 0 Å². The molecule has 5 nitrogen and oxygen atoms in total. The van der Waals surface area contributed by atoms with Crippen molar-refractivity contribution in [2.24, 2.45) is 0 Å². The van der Waals surface area contributed by atoms with Crippen molar-refractivity contribution in [2.75, 3.05) is 9.80 Å². The van der Waals surface area contributed by atoms with Gasteiger partial charge in [0.25, 0.3) is 0 Å². The van der Waals surface area contributed by atoms with Gasteiger partial charge >= 0.3 is 0 Å². The predicted molar refractivity (Wildman–Crippen MR) is 364 cm³/mol. The summed E-state index contributed by atoms with van der Waals surface area (Å²) < 4.78 is 22.2. The van der Waals surface area contributed by atoms with E-state index in [1.165, 1.54) is 11.1 Å². The molecule has 0 bridgehead atoms. The molecule has 0 atom stereocenters. The molecule has 0 radical (unpaired) electrons. The van der Waals surface area contributed by atoms with Crippen LogP contribution in [0.2, 0.25) is 0 Å². The molecule has 410 valence electrons. The van der Waals surface area contributed by atoms with Crippen LogP contribution in [0.1, 0.15) is 11.1 Å². The maximum Gasteiger partial charge on any atom is 0.159 e. The smallest absolute Gasteiger partial charge is 0.159 e. The Labute approximate surface area is 502 Å². The van der Waals surface area contributed by atoms with Crippen molar-refractivity contribution in [3.63, 3.8) is 0 Å². The van der Waals surface area contributed by atoms with Crippen LogP contribution in [0, 0.1) is 13.8 Å². The number of hydrogen-bond donors (Lipinski definition) is 0. The molecule has 3 heterocycles. The Kier molecular flexibility index (Phi) is 11.6. The average Bonchev–Trinajstić information content (AvgIpc) is 1.74. The highest BCUT2D eigenvalue weighted by molar-refractivity contribution is 6.27. The molecular weight excluding hydrogens is 1060 g/mol. The summed E-state index contributed by atoms with van der Waals surface area (Å²) in [4.78, 5) is 4.86. The molecule has 5 heteroatoms. The number of nitrogens with zero attached hydrogens (tertiary/aromatic N) is 2. The van der Waals surface area contributed by atoms with Crippen LogP contribution in [0.25, 0.3) is 132 Å². The molecule has 0 unspecified atom stereocenters. The molecule has 3 aromatic heterocycles. The summed E-state index contributed by atoms with van der Waals surface area (Å²) in [5.74, 6) is 0. The van der Waals surface area contributed by atoms with Crippen LogP contribution in [0.4, 0.5) is 34.1 Å². The van der Waals surface area contributed by atoms with E-state index in [0.717, 1.165) is 166 Å². The lowest BCUT2D eigenvalue weighted by Crippen LogP contribution is -2.12. The van der Waals surface area contributed by atoms with Crippen molar-refractivity contribution in [3.05, 3.63) is 302 Å². The van der Waals surface area contributed by atoms with E-state index in [4.69, 9.17) is 13.3 Å². The quantitative estimate of drug-likeness (QED) is 0.137. The third-order valence-corrected chi connectivity index (χ3v) is 17.7. The third-order valence-electron chi connectivity index (χ3n) is 17.7. The van der Waals surface area contributed by atoms with Crippen molar-refractivity contribution < 1.29 is 13.3 Å². The minimum absolute atomic E-state index is 0.796. The Morgan fingerprint density at radius 3 is 0.908 bits per heavy atom. The Morgan fingerprint density at radius 2 is 0.483 bits per heavy atom. The zero-order valence-electron chi connectivity index (χ0n) is 47.8. The van der Waals surface area contributed by atoms with Gasteiger partial charge in [0.15, 0.2) is 11.2 Å². The van der Waals surface area contributed by atoms with E-state index >= 15 is 0 Å². The maximum atomic E-state index is 7.43. The molecule has 0 aliphatic heterocycles. The summed E-state index contributed by atoms with van der Waals surface area (Å²) in [6.07, 6.45) is 0. The summed E-state index contributed by atoms with van der Waals surface area (Å²) in [7, 11) is 0. The predicted octanol–water partition coefficient (Wildman–Crippen LogP) is 23.9. The van der Waals surface area contributed by atoms with Crippen LogP contribution < -0.4 is 9.80 Å². The van der Waals surface area contributed by atoms with Crippen LogP contribution in [0.5, 0.6) is 0 Å². The molecule has 14 aromatic carbocycles. The standard InChI is InChI=1S/C82H54N2O3/c1-51-25-9-11-31-55(51)61-39-21-41-65-67-43-23-47-73(81(67)86-77(61)65)83(71-45-19-17-33-57(71)53-27-5-3-6-28-53)75-49-69-70-50-76(60-36-14-16-38-64(60)80(70)85-79(69)63-37-15-13-35-59(63)75)84(72-46-20-18-34-58(72)54-29-7-4-8-30-54)74-48-24-44-68-66-42-22-40-62(78(66)87-82(68)74)56-32-12-10-26-52(56)2/h3-50H,1-2H3. The Balaban J connectivity index is 0.971. The van der Waals surface area contributed by atoms with E-state index in [-0.39, 0.29) is 0 Å². The number of fused-ring (bicyclic) bond motifs is 13. The monoisotopic (exact) mass is 1110 g/mol. The van der Waals surface area contributed by atoms with Crippen molar-refractivity contribution in [1.82, 2.24) is 0 Å². The van der Waals surface area contributed by atoms with E-state index in [1.54, 1.807) is 0 Å². The van der Waals surface area contributed by atoms with E-state index in [1.807, 2.05) is 0 Å². The molecule has 0 N–H and O–H groups in total. The highest BCUT2D eigenvalue weighted by Gasteiger charge is 2.30. The molecule has 0 aliphatic carbocycles. The number of aryl methyl sites for hydroxylation is 2. The van der Waals surface area contributed by atoms with Gasteiger partial charge in [-0.1, -0.05) is 255 Å². The fourth-order valence-electron chi connectivity index (χ4n) is 13.7. The Morgan fingerprint density at radius 1 is 0.195 bits per heavy atom. The number of para-hydroxylation sites is 6. The SMILES string of the molecule is Cc1ccccc1-c1cccc2c1oc1c(N(c3ccccc3-c3ccccc3)c3cc4c5cc(N(c6ccccc6-c6ccccc6)c6cccc7c6oc6c(-c8ccccc8C)cccc67)c6ccccc6c5oc4c4ccccc34)cccc12. The van der Waals surface area contributed by atoms with Gasteiger partial charge in [-0.25, -0.2) is 0 Å². The van der Waals surface area contributed by atoms with Crippen LogP contribution in [-0.4, -0.2) is 0 Å². The second kappa shape index (κ2) is 20.2. The molecule has 17 rings (SSSR count). The highest BCUT2D eigenvalue weighted by Crippen LogP contribution is 2.54. The number of rotatable bonds is 10. The lowest BCUT2D eigenvalue weighted by molar-refractivity contribution is 0.670. The van der Waals surface area contributed by atoms with E-state index in [2.05, 4.69) is 315 Å². The summed E-state index contributed by atoms with van der Waals surface area (Å²) in [5.41, 5.74) is 21.9. The zero-order chi connectivity index (χ0) is 57.7. The molecule has 17 aromatic rings. The molecular formula is C82H54N2O3. The first-order valence-electron chi connectivity index (χ1n) is 29.7. The van der Waals surface area contributed by atoms with Crippen LogP contribution >= 0.6 is 0 Å². The number of benzene rings is 14. The van der Waals surface area contributed by atoms with E-state index < -0.39 is 0 Å². The van der Waals surface area contributed by atoms with Gasteiger partial charge in [0.05, 0.1) is 34.1 Å². The highest BCUT2D eigenvalue weighted by atomic mass is 16.3. The van der Waals surface area contributed by atoms with Gasteiger partial charge in [-0.15, -0.1) is 0 Å². The topological polar surface area (TPSA) is 45.9 Å². The second-order valence-corrected chi connectivity index (χ2v) is 22.7. The van der Waals surface area contributed by atoms with E-state index in [0.29, 0.717) is 0 Å². The van der Waals surface area contributed by atoms with Gasteiger partial charge in [-0.3, -0.25) is 0 Å². The van der Waals surface area contributed by atoms with Crippen LogP contribution in [0.3, 0.4) is 0 Å². The van der Waals surface area contributed by atoms with Gasteiger partial charge in [-0.2, -0.15) is 0 Å². The number of furan rings is 3. The summed E-state index contributed by atoms with van der Waals surface area (Å²) in [6, 6.07) is 104. The van der Waals surface area contributed by atoms with Crippen molar-refractivity contribution in [3.8, 4) is 44.5 Å². The first-order valence-corrected chi connectivity index (χ1v) is 29.7. The van der Waals surface area contributed by atoms with Gasteiger partial charge in [0.1, 0.15) is 22.3 Å². The molecule has 0 saturated heterocycles. The van der Waals surface area contributed by atoms with Gasteiger partial charge in [0.2, 0.25) is 0 Å². The van der Waals surface area contributed by atoms with Crippen LogP contribution in [-0.2, 0) is 0 Å². The summed E-state index contributed by atoms with van der Waals surface area (Å²) >= 11 is 0. The molecule has 0 aliphatic rings. The third kappa shape index (κ3) is 7.94. The molecule has 87 heavy (non-hydrogen) atoms. The molecule has 0 spiro atoms. The Hall–Kier alpha value is -11.4. The van der Waals surface area contributed by atoms with E-state index in [9.17, 15) is 0 Å². The van der Waals surface area contributed by atoms with Crippen LogP contribution in [0.15, 0.2) is 304 Å². The fraction of sp³-hybridized carbons (Fsp3) is 0.0244. The van der Waals surface area contributed by atoms with Gasteiger partial charge in [-0.05, 0) is 83.6 Å². The largest absolute Gasteiger partial charge is 0.455 e. The van der Waals surface area contributed by atoms with Crippen molar-refractivity contribution in [2.45, 2.75) is 13.8 Å². The second-order valence-electron chi connectivity index (χ2n) is 22.7. The lowest BCUT2D eigenvalue weighted by Gasteiger charge is -2.29. The average molecular weight is 1120 g/mol. The van der Waals surface area contributed by atoms with Gasteiger partial charge < -0.3 is 23.1 Å². The summed E-state index contributed by atoms with van der Waals surface area (Å²) in [5, 5.41) is 10.2. The Bertz CT molecular complexity index is 5230. The summed E-state index contributed by atoms with van der Waals surface area (Å²) in [6.45, 7) is 4.34. The zero-order valence-corrected chi connectivity index (χ0v) is 47.8. The minimum Gasteiger partial charge on any atom is -0.455 e. The molecule has 0 amide bonds. The van der Waals surface area contributed by atoms with Gasteiger partial charge in [0, 0.05) is 76.1 Å². The van der Waals surface area contributed by atoms with Crippen molar-refractivity contribution >= 4 is 121 Å². The number of anilines is 6. The normalized spacial score (nSPS) is 11.8. The minimum atomic E-state index is 0.796. The maximum absolute atomic E-state index is 7.43. The number of hydrogen-bond acceptors (Lipinski definition) is 5.